The largest absolute Gasteiger partial charge is 0.451 e. The lowest BCUT2D eigenvalue weighted by atomic mass is 9.96. The molecule has 0 saturated carbocycles. The van der Waals surface area contributed by atoms with Crippen molar-refractivity contribution >= 4 is 53.2 Å². The Bertz CT molecular complexity index is 1930. The summed E-state index contributed by atoms with van der Waals surface area (Å²) in [5.74, 6) is -6.29. The Hall–Kier alpha value is -5.64. The quantitative estimate of drug-likeness (QED) is 0.0449. The van der Waals surface area contributed by atoms with Gasteiger partial charge in [-0.1, -0.05) is 73.1 Å². The lowest BCUT2D eigenvalue weighted by molar-refractivity contribution is -0.139. The number of carbonyl (C=O) groups excluding carboxylic acids is 9. The predicted molar refractivity (Wildman–Crippen MR) is 273 cm³/mol. The van der Waals surface area contributed by atoms with Gasteiger partial charge in [0.2, 0.25) is 47.3 Å². The molecule has 0 aliphatic rings. The molecule has 0 spiro atoms. The molecule has 0 bridgehead atoms. The molecule has 0 aliphatic heterocycles. The van der Waals surface area contributed by atoms with Crippen molar-refractivity contribution in [2.75, 3.05) is 27.2 Å². The summed E-state index contributed by atoms with van der Waals surface area (Å²) in [6.07, 6.45) is 6.77. The van der Waals surface area contributed by atoms with Crippen molar-refractivity contribution in [1.29, 1.82) is 0 Å². The summed E-state index contributed by atoms with van der Waals surface area (Å²) in [4.78, 5) is 127. The number of aliphatic hydroxyl groups is 1. The third-order valence-corrected chi connectivity index (χ3v) is 11.5. The number of hydrogen-bond donors (Lipinski definition) is 10. The van der Waals surface area contributed by atoms with Crippen molar-refractivity contribution in [2.24, 2.45) is 11.8 Å². The van der Waals surface area contributed by atoms with Crippen LogP contribution in [0.25, 0.3) is 0 Å². The van der Waals surface area contributed by atoms with Gasteiger partial charge in [0.25, 0.3) is 5.91 Å². The second kappa shape index (κ2) is 30.4. The van der Waals surface area contributed by atoms with Gasteiger partial charge in [0.1, 0.15) is 47.0 Å². The number of hydrogen-bond acceptors (Lipinski definition) is 13. The maximum absolute atomic E-state index is 14.1. The van der Waals surface area contributed by atoms with Gasteiger partial charge in [0.15, 0.2) is 12.1 Å². The lowest BCUT2D eigenvalue weighted by Gasteiger charge is -2.34. The number of oxazole rings is 1. The molecule has 6 atom stereocenters. The van der Waals surface area contributed by atoms with E-state index in [0.29, 0.717) is 13.0 Å². The number of carbonyl (C=O) groups is 9. The highest BCUT2D eigenvalue weighted by Crippen LogP contribution is 2.15. The number of nitrogens with one attached hydrogen (secondary N) is 9. The van der Waals surface area contributed by atoms with Crippen LogP contribution in [0.15, 0.2) is 17.1 Å². The summed E-state index contributed by atoms with van der Waals surface area (Å²) in [6.45, 7) is 21.9. The zero-order chi connectivity index (χ0) is 55.1. The van der Waals surface area contributed by atoms with Crippen molar-refractivity contribution in [2.45, 2.75) is 207 Å². The fourth-order valence-corrected chi connectivity index (χ4v) is 7.47. The number of aromatic nitrogens is 1. The summed E-state index contributed by atoms with van der Waals surface area (Å²) in [7, 11) is 3.78. The Kier molecular flexibility index (Phi) is 27.2. The molecule has 0 radical (unpaired) electrons. The number of nitrogens with zero attached hydrogens (tertiary/aromatic N) is 2. The molecule has 410 valence electrons. The molecule has 0 aromatic carbocycles. The number of aliphatic hydroxyl groups excluding tert-OH is 1. The van der Waals surface area contributed by atoms with Crippen molar-refractivity contribution in [1.82, 2.24) is 57.7 Å². The first-order valence-electron chi connectivity index (χ1n) is 25.3. The molecule has 6 unspecified atom stereocenters. The van der Waals surface area contributed by atoms with Crippen LogP contribution in [0.2, 0.25) is 0 Å². The van der Waals surface area contributed by atoms with Gasteiger partial charge in [0.05, 0.1) is 6.10 Å². The van der Waals surface area contributed by atoms with Crippen LogP contribution in [0, 0.1) is 11.8 Å². The van der Waals surface area contributed by atoms with Crippen LogP contribution >= 0.6 is 0 Å². The van der Waals surface area contributed by atoms with E-state index in [-0.39, 0.29) is 61.7 Å². The van der Waals surface area contributed by atoms with E-state index >= 15 is 0 Å². The fraction of sp³-hybridized carbons (Fsp3) is 0.760. The monoisotopic (exact) mass is 1020 g/mol. The van der Waals surface area contributed by atoms with Gasteiger partial charge in [-0.15, -0.1) is 0 Å². The van der Waals surface area contributed by atoms with Crippen molar-refractivity contribution in [3.8, 4) is 0 Å². The summed E-state index contributed by atoms with van der Waals surface area (Å²) < 4.78 is 4.91. The van der Waals surface area contributed by atoms with Crippen LogP contribution in [0.4, 0.5) is 0 Å². The number of unbranched alkanes of at least 4 members (excludes halogenated alkanes) is 5. The maximum Gasteiger partial charge on any atom is 0.273 e. The minimum Gasteiger partial charge on any atom is -0.451 e. The molecule has 1 rings (SSSR count). The van der Waals surface area contributed by atoms with Crippen LogP contribution in [-0.2, 0) is 38.4 Å². The van der Waals surface area contributed by atoms with Gasteiger partial charge in [-0.05, 0) is 101 Å². The zero-order valence-corrected chi connectivity index (χ0v) is 45.7. The normalized spacial score (nSPS) is 14.5. The maximum atomic E-state index is 14.1. The molecular weight excluding hydrogens is 931 g/mol. The zero-order valence-electron chi connectivity index (χ0n) is 45.7. The third-order valence-electron chi connectivity index (χ3n) is 11.5. The van der Waals surface area contributed by atoms with E-state index in [1.807, 2.05) is 53.6 Å². The molecule has 0 fully saturated rings. The predicted octanol–water partition coefficient (Wildman–Crippen LogP) is 1.71. The smallest absolute Gasteiger partial charge is 0.273 e. The summed E-state index contributed by atoms with van der Waals surface area (Å²) in [6, 6.07) is -5.14. The second-order valence-corrected chi connectivity index (χ2v) is 21.6. The molecule has 72 heavy (non-hydrogen) atoms. The molecule has 22 heteroatoms. The van der Waals surface area contributed by atoms with Gasteiger partial charge in [-0.25, -0.2) is 4.98 Å². The summed E-state index contributed by atoms with van der Waals surface area (Å²) in [5, 5.41) is 34.8. The second-order valence-electron chi connectivity index (χ2n) is 21.6. The molecular formula is C50H89N11O11. The van der Waals surface area contributed by atoms with E-state index in [2.05, 4.69) is 59.8 Å². The lowest BCUT2D eigenvalue weighted by Crippen LogP contribution is -2.65. The Morgan fingerprint density at radius 3 is 1.69 bits per heavy atom. The van der Waals surface area contributed by atoms with E-state index in [1.54, 1.807) is 0 Å². The SMILES string of the molecule is CCCCCCCCC(NC(=O)c1cocn1)C(=O)NC(C(=O)NC(C)(C)C(=O)NC(CC(C)C)C(=O)NC(CC(C)C)C(=O)NC(C)(C)C(=O)NC(C)(C)C(=O)NCCC(=O)NC(C)CN(C)C)C(C)O. The Morgan fingerprint density at radius 2 is 1.15 bits per heavy atom. The summed E-state index contributed by atoms with van der Waals surface area (Å²) >= 11 is 0. The van der Waals surface area contributed by atoms with Crippen molar-refractivity contribution in [3.05, 3.63) is 18.4 Å². The molecule has 0 saturated heterocycles. The van der Waals surface area contributed by atoms with Crippen LogP contribution in [0.5, 0.6) is 0 Å². The molecule has 9 amide bonds. The van der Waals surface area contributed by atoms with Gasteiger partial charge >= 0.3 is 0 Å². The average molecular weight is 1020 g/mol. The third kappa shape index (κ3) is 23.7. The highest BCUT2D eigenvalue weighted by molar-refractivity contribution is 6.00. The van der Waals surface area contributed by atoms with Crippen LogP contribution in [-0.4, -0.2) is 148 Å². The van der Waals surface area contributed by atoms with Crippen LogP contribution in [0.1, 0.15) is 165 Å². The van der Waals surface area contributed by atoms with E-state index in [1.165, 1.54) is 48.5 Å². The molecule has 1 heterocycles. The van der Waals surface area contributed by atoms with Crippen LogP contribution in [0.3, 0.4) is 0 Å². The van der Waals surface area contributed by atoms with Gasteiger partial charge in [-0.3, -0.25) is 43.2 Å². The average Bonchev–Trinajstić information content (AvgIpc) is 3.80. The first kappa shape index (κ1) is 64.4. The Balaban J connectivity index is 3.13. The summed E-state index contributed by atoms with van der Waals surface area (Å²) in [5.41, 5.74) is -4.81. The molecule has 10 N–H and O–H groups in total. The molecule has 0 aliphatic carbocycles. The van der Waals surface area contributed by atoms with E-state index < -0.39 is 94.1 Å². The van der Waals surface area contributed by atoms with Crippen molar-refractivity contribution in [3.63, 3.8) is 0 Å². The van der Waals surface area contributed by atoms with Crippen molar-refractivity contribution < 1.29 is 52.7 Å². The minimum absolute atomic E-state index is 0.0245. The number of amides is 9. The molecule has 22 nitrogen and oxygen atoms in total. The molecule has 1 aromatic rings. The Labute approximate surface area is 427 Å². The highest BCUT2D eigenvalue weighted by atomic mass is 16.3. The fourth-order valence-electron chi connectivity index (χ4n) is 7.47. The Morgan fingerprint density at radius 1 is 0.625 bits per heavy atom. The highest BCUT2D eigenvalue weighted by Gasteiger charge is 2.40. The van der Waals surface area contributed by atoms with E-state index in [0.717, 1.165) is 44.8 Å². The van der Waals surface area contributed by atoms with Gasteiger partial charge < -0.3 is 62.3 Å². The van der Waals surface area contributed by atoms with Crippen LogP contribution < -0.4 is 47.9 Å². The van der Waals surface area contributed by atoms with Gasteiger partial charge in [0, 0.05) is 25.6 Å². The minimum atomic E-state index is -1.72. The number of likely N-dealkylation sites (N-methyl/N-ethyl adjacent to an activating group) is 1. The standard InChI is InChI=1S/C50H89N11O11/c1-16-17-18-19-20-21-22-34(54-42(66)37-28-72-29-52-37)40(64)57-39(33(7)62)44(68)59-49(10,11)46(70)56-35(25-30(2)3)41(65)55-36(26-31(4)5)43(67)58-50(12,13)47(71)60-48(8,9)45(69)51-24-23-38(63)53-32(6)27-61(14)15/h28-36,39,62H,16-27H2,1-15H3,(H,51,69)(H,53,63)(H,54,66)(H,55,65)(H,56,70)(H,57,64)(H,58,67)(H,59,68)(H,60,71). The van der Waals surface area contributed by atoms with Gasteiger partial charge in [-0.2, -0.15) is 0 Å². The first-order valence-corrected chi connectivity index (χ1v) is 25.3. The first-order chi connectivity index (χ1) is 33.3. The van der Waals surface area contributed by atoms with E-state index in [4.69, 9.17) is 4.42 Å². The topological polar surface area (TPSA) is 311 Å². The number of rotatable bonds is 33. The molecule has 1 aromatic heterocycles. The van der Waals surface area contributed by atoms with E-state index in [9.17, 15) is 48.3 Å².